The van der Waals surface area contributed by atoms with Crippen LogP contribution in [0.25, 0.3) is 0 Å². The van der Waals surface area contributed by atoms with Crippen LogP contribution in [0.15, 0.2) is 22.7 Å². The molecule has 0 fully saturated rings. The number of hydrogen-bond acceptors (Lipinski definition) is 3. The third kappa shape index (κ3) is 3.21. The number of carbonyl (C=O) groups is 1. The number of carboxylic acids is 1. The monoisotopic (exact) mass is 274 g/mol. The van der Waals surface area contributed by atoms with E-state index in [1.54, 1.807) is 19.2 Å². The quantitative estimate of drug-likeness (QED) is 0.837. The summed E-state index contributed by atoms with van der Waals surface area (Å²) in [4.78, 5) is 10.9. The van der Waals surface area contributed by atoms with Crippen molar-refractivity contribution < 1.29 is 19.4 Å². The predicted molar refractivity (Wildman–Crippen MR) is 58.5 cm³/mol. The van der Waals surface area contributed by atoms with Crippen LogP contribution in [0.2, 0.25) is 0 Å². The smallest absolute Gasteiger partial charge is 0.339 e. The van der Waals surface area contributed by atoms with Crippen LogP contribution in [0.5, 0.6) is 5.75 Å². The Labute approximate surface area is 95.9 Å². The van der Waals surface area contributed by atoms with E-state index >= 15 is 0 Å². The lowest BCUT2D eigenvalue weighted by Gasteiger charge is -2.10. The van der Waals surface area contributed by atoms with E-state index in [9.17, 15) is 4.79 Å². The number of halogens is 1. The van der Waals surface area contributed by atoms with Crippen molar-refractivity contribution in [2.75, 3.05) is 20.3 Å². The molecule has 0 spiro atoms. The van der Waals surface area contributed by atoms with Crippen LogP contribution in [-0.2, 0) is 4.74 Å². The first kappa shape index (κ1) is 12.0. The first-order valence-corrected chi connectivity index (χ1v) is 5.09. The minimum atomic E-state index is -1.01. The molecule has 0 aliphatic heterocycles. The fourth-order valence-electron chi connectivity index (χ4n) is 1.05. The summed E-state index contributed by atoms with van der Waals surface area (Å²) in [5, 5.41) is 8.91. The first-order chi connectivity index (χ1) is 7.16. The van der Waals surface area contributed by atoms with Gasteiger partial charge in [0.1, 0.15) is 17.9 Å². The van der Waals surface area contributed by atoms with E-state index < -0.39 is 5.97 Å². The molecule has 0 bridgehead atoms. The van der Waals surface area contributed by atoms with Gasteiger partial charge in [-0.05, 0) is 28.1 Å². The molecule has 0 radical (unpaired) electrons. The molecule has 15 heavy (non-hydrogen) atoms. The van der Waals surface area contributed by atoms with Gasteiger partial charge in [-0.3, -0.25) is 0 Å². The van der Waals surface area contributed by atoms with E-state index in [1.165, 1.54) is 6.07 Å². The third-order valence-electron chi connectivity index (χ3n) is 1.73. The molecule has 0 amide bonds. The van der Waals surface area contributed by atoms with Crippen LogP contribution >= 0.6 is 15.9 Å². The minimum Gasteiger partial charge on any atom is -0.489 e. The predicted octanol–water partition coefficient (Wildman–Crippen LogP) is 2.17. The van der Waals surface area contributed by atoms with Crippen LogP contribution in [0.3, 0.4) is 0 Å². The lowest BCUT2D eigenvalue weighted by atomic mass is 10.2. The van der Waals surface area contributed by atoms with Crippen molar-refractivity contribution in [2.45, 2.75) is 0 Å². The molecule has 1 aromatic carbocycles. The van der Waals surface area contributed by atoms with Crippen molar-refractivity contribution in [1.29, 1.82) is 0 Å². The number of ether oxygens (including phenoxy) is 2. The normalized spacial score (nSPS) is 10.0. The summed E-state index contributed by atoms with van der Waals surface area (Å²) in [7, 11) is 1.56. The molecular weight excluding hydrogens is 264 g/mol. The summed E-state index contributed by atoms with van der Waals surface area (Å²) in [5.41, 5.74) is 0.139. The molecular formula is C10H11BrO4. The number of rotatable bonds is 5. The van der Waals surface area contributed by atoms with E-state index in [0.29, 0.717) is 23.4 Å². The van der Waals surface area contributed by atoms with Crippen molar-refractivity contribution in [3.05, 3.63) is 28.2 Å². The van der Waals surface area contributed by atoms with E-state index in [0.717, 1.165) is 0 Å². The highest BCUT2D eigenvalue weighted by atomic mass is 79.9. The fraction of sp³-hybridized carbons (Fsp3) is 0.300. The second-order valence-electron chi connectivity index (χ2n) is 2.76. The summed E-state index contributed by atoms with van der Waals surface area (Å²) in [6.07, 6.45) is 0. The Balaban J connectivity index is 2.87. The molecule has 0 saturated carbocycles. The summed E-state index contributed by atoms with van der Waals surface area (Å²) in [6.45, 7) is 0.736. The maximum absolute atomic E-state index is 10.9. The van der Waals surface area contributed by atoms with Gasteiger partial charge in [0.05, 0.1) is 11.1 Å². The van der Waals surface area contributed by atoms with E-state index in [4.69, 9.17) is 14.6 Å². The highest BCUT2D eigenvalue weighted by Crippen LogP contribution is 2.28. The van der Waals surface area contributed by atoms with Gasteiger partial charge < -0.3 is 14.6 Å². The number of hydrogen-bond donors (Lipinski definition) is 1. The number of para-hydroxylation sites is 1. The molecule has 1 N–H and O–H groups in total. The molecule has 1 rings (SSSR count). The largest absolute Gasteiger partial charge is 0.489 e. The molecule has 0 aromatic heterocycles. The van der Waals surface area contributed by atoms with Gasteiger partial charge in [-0.15, -0.1) is 0 Å². The molecule has 5 heteroatoms. The second-order valence-corrected chi connectivity index (χ2v) is 3.62. The van der Waals surface area contributed by atoms with Gasteiger partial charge in [-0.25, -0.2) is 4.79 Å². The zero-order valence-electron chi connectivity index (χ0n) is 8.20. The SMILES string of the molecule is COCCOc1c(Br)cccc1C(=O)O. The summed E-state index contributed by atoms with van der Waals surface area (Å²) < 4.78 is 10.8. The average molecular weight is 275 g/mol. The second kappa shape index (κ2) is 5.72. The van der Waals surface area contributed by atoms with Crippen LogP contribution in [0.1, 0.15) is 10.4 Å². The van der Waals surface area contributed by atoms with Crippen molar-refractivity contribution in [2.24, 2.45) is 0 Å². The van der Waals surface area contributed by atoms with Gasteiger partial charge in [-0.2, -0.15) is 0 Å². The summed E-state index contributed by atoms with van der Waals surface area (Å²) >= 11 is 3.24. The Kier molecular flexibility index (Phi) is 4.58. The summed E-state index contributed by atoms with van der Waals surface area (Å²) in [6, 6.07) is 4.88. The fourth-order valence-corrected chi connectivity index (χ4v) is 1.53. The van der Waals surface area contributed by atoms with Gasteiger partial charge in [0.25, 0.3) is 0 Å². The number of methoxy groups -OCH3 is 1. The maximum atomic E-state index is 10.9. The number of carboxylic acid groups (broad SMARTS) is 1. The standard InChI is InChI=1S/C10H11BrO4/c1-14-5-6-15-9-7(10(12)13)3-2-4-8(9)11/h2-4H,5-6H2,1H3,(H,12,13). The molecule has 4 nitrogen and oxygen atoms in total. The van der Waals surface area contributed by atoms with Crippen LogP contribution in [0, 0.1) is 0 Å². The highest BCUT2D eigenvalue weighted by Gasteiger charge is 2.13. The van der Waals surface area contributed by atoms with Crippen LogP contribution in [0.4, 0.5) is 0 Å². The first-order valence-electron chi connectivity index (χ1n) is 4.30. The molecule has 0 heterocycles. The Morgan fingerprint density at radius 3 is 2.80 bits per heavy atom. The van der Waals surface area contributed by atoms with Crippen LogP contribution in [-0.4, -0.2) is 31.4 Å². The molecule has 1 aromatic rings. The number of aromatic carboxylic acids is 1. The molecule has 0 atom stereocenters. The van der Waals surface area contributed by atoms with Gasteiger partial charge in [0.2, 0.25) is 0 Å². The maximum Gasteiger partial charge on any atom is 0.339 e. The zero-order chi connectivity index (χ0) is 11.3. The average Bonchev–Trinajstić information content (AvgIpc) is 2.20. The number of benzene rings is 1. The Morgan fingerprint density at radius 1 is 1.47 bits per heavy atom. The lowest BCUT2D eigenvalue weighted by molar-refractivity contribution is 0.0689. The molecule has 0 aliphatic carbocycles. The minimum absolute atomic E-state index is 0.139. The lowest BCUT2D eigenvalue weighted by Crippen LogP contribution is -2.08. The Bertz CT molecular complexity index is 351. The van der Waals surface area contributed by atoms with Crippen molar-refractivity contribution in [1.82, 2.24) is 0 Å². The molecule has 0 unspecified atom stereocenters. The molecule has 82 valence electrons. The van der Waals surface area contributed by atoms with Gasteiger partial charge >= 0.3 is 5.97 Å². The van der Waals surface area contributed by atoms with Gasteiger partial charge in [0.15, 0.2) is 0 Å². The van der Waals surface area contributed by atoms with Crippen LogP contribution < -0.4 is 4.74 Å². The highest BCUT2D eigenvalue weighted by molar-refractivity contribution is 9.10. The van der Waals surface area contributed by atoms with E-state index in [1.807, 2.05) is 0 Å². The molecule has 0 saturated heterocycles. The molecule has 0 aliphatic rings. The van der Waals surface area contributed by atoms with Crippen molar-refractivity contribution >= 4 is 21.9 Å². The van der Waals surface area contributed by atoms with Gasteiger partial charge in [-0.1, -0.05) is 6.07 Å². The Morgan fingerprint density at radius 2 is 2.20 bits per heavy atom. The van der Waals surface area contributed by atoms with Gasteiger partial charge in [0, 0.05) is 7.11 Å². The van der Waals surface area contributed by atoms with Crippen molar-refractivity contribution in [3.63, 3.8) is 0 Å². The topological polar surface area (TPSA) is 55.8 Å². The van der Waals surface area contributed by atoms with E-state index in [2.05, 4.69) is 15.9 Å². The van der Waals surface area contributed by atoms with Crippen molar-refractivity contribution in [3.8, 4) is 5.75 Å². The zero-order valence-corrected chi connectivity index (χ0v) is 9.78. The van der Waals surface area contributed by atoms with E-state index in [-0.39, 0.29) is 5.56 Å². The Hall–Kier alpha value is -1.07. The summed E-state index contributed by atoms with van der Waals surface area (Å²) in [5.74, 6) is -0.675. The third-order valence-corrected chi connectivity index (χ3v) is 2.36.